The van der Waals surface area contributed by atoms with Crippen LogP contribution in [0.4, 0.5) is 4.39 Å². The summed E-state index contributed by atoms with van der Waals surface area (Å²) in [5.41, 5.74) is 1.64. The van der Waals surface area contributed by atoms with E-state index >= 15 is 0 Å². The summed E-state index contributed by atoms with van der Waals surface area (Å²) >= 11 is 3.33. The van der Waals surface area contributed by atoms with Crippen molar-refractivity contribution < 1.29 is 9.18 Å². The van der Waals surface area contributed by atoms with E-state index in [-0.39, 0.29) is 17.0 Å². The van der Waals surface area contributed by atoms with E-state index in [1.54, 1.807) is 6.07 Å². The first-order chi connectivity index (χ1) is 9.62. The van der Waals surface area contributed by atoms with Crippen molar-refractivity contribution in [2.24, 2.45) is 0 Å². The van der Waals surface area contributed by atoms with Gasteiger partial charge >= 0.3 is 0 Å². The molecule has 1 aliphatic carbocycles. The minimum atomic E-state index is -0.310. The fraction of sp³-hybridized carbons (Fsp3) is 0.235. The largest absolute Gasteiger partial charge is 0.298 e. The molecule has 1 aliphatic rings. The number of benzene rings is 2. The lowest BCUT2D eigenvalue weighted by Crippen LogP contribution is -2.22. The fourth-order valence-electron chi connectivity index (χ4n) is 2.62. The van der Waals surface area contributed by atoms with Gasteiger partial charge in [-0.15, -0.1) is 0 Å². The van der Waals surface area contributed by atoms with Gasteiger partial charge in [-0.25, -0.2) is 4.39 Å². The van der Waals surface area contributed by atoms with Crippen molar-refractivity contribution in [1.82, 2.24) is 0 Å². The van der Waals surface area contributed by atoms with Crippen molar-refractivity contribution in [2.45, 2.75) is 24.7 Å². The molecule has 0 bridgehead atoms. The molecular formula is C17H14BrFO. The normalized spacial score (nSPS) is 15.9. The Bertz CT molecular complexity index is 647. The molecule has 0 aromatic heterocycles. The van der Waals surface area contributed by atoms with E-state index in [0.717, 1.165) is 24.0 Å². The molecule has 2 aromatic rings. The molecule has 0 heterocycles. The molecule has 1 nitrogen and oxygen atoms in total. The van der Waals surface area contributed by atoms with Crippen molar-refractivity contribution in [3.05, 3.63) is 69.9 Å². The van der Waals surface area contributed by atoms with Gasteiger partial charge in [0.15, 0.2) is 0 Å². The van der Waals surface area contributed by atoms with Crippen LogP contribution in [0, 0.1) is 5.82 Å². The Morgan fingerprint density at radius 2 is 1.85 bits per heavy atom. The minimum Gasteiger partial charge on any atom is -0.298 e. The number of carbonyl (C=O) groups is 1. The van der Waals surface area contributed by atoms with E-state index in [1.165, 1.54) is 12.1 Å². The van der Waals surface area contributed by atoms with Crippen LogP contribution < -0.4 is 0 Å². The third kappa shape index (κ3) is 2.42. The zero-order valence-corrected chi connectivity index (χ0v) is 12.5. The molecule has 0 saturated heterocycles. The van der Waals surface area contributed by atoms with E-state index in [1.807, 2.05) is 30.3 Å². The lowest BCUT2D eigenvalue weighted by Gasteiger charge is -2.15. The summed E-state index contributed by atoms with van der Waals surface area (Å²) in [4.78, 5) is 12.6. The number of Topliss-reactive ketones (excluding diaryl/α,β-unsaturated/α-hetero) is 1. The van der Waals surface area contributed by atoms with Crippen LogP contribution in [-0.2, 0) is 16.6 Å². The second-order valence-corrected chi connectivity index (χ2v) is 6.14. The smallest absolute Gasteiger partial charge is 0.147 e. The highest BCUT2D eigenvalue weighted by molar-refractivity contribution is 9.10. The fourth-order valence-corrected chi connectivity index (χ4v) is 3.11. The Labute approximate surface area is 126 Å². The summed E-state index contributed by atoms with van der Waals surface area (Å²) in [5.74, 6) is -0.0757. The van der Waals surface area contributed by atoms with Gasteiger partial charge in [0.2, 0.25) is 0 Å². The SMILES string of the molecule is O=C(Cc1ccc(F)cc1Br)C1(c2ccccc2)CC1. The predicted octanol–water partition coefficient (Wildman–Crippen LogP) is 4.43. The number of ketones is 1. The molecule has 2 aromatic carbocycles. The van der Waals surface area contributed by atoms with Crippen LogP contribution in [0.1, 0.15) is 24.0 Å². The first kappa shape index (κ1) is 13.5. The molecule has 0 unspecified atom stereocenters. The van der Waals surface area contributed by atoms with Gasteiger partial charge in [0.1, 0.15) is 11.6 Å². The van der Waals surface area contributed by atoms with Crippen LogP contribution in [-0.4, -0.2) is 5.78 Å². The van der Waals surface area contributed by atoms with Crippen LogP contribution >= 0.6 is 15.9 Å². The zero-order chi connectivity index (χ0) is 14.2. The Balaban J connectivity index is 1.83. The second kappa shape index (κ2) is 5.13. The maximum absolute atomic E-state index is 13.1. The van der Waals surface area contributed by atoms with Crippen molar-refractivity contribution in [3.63, 3.8) is 0 Å². The van der Waals surface area contributed by atoms with Crippen molar-refractivity contribution in [1.29, 1.82) is 0 Å². The first-order valence-corrected chi connectivity index (χ1v) is 7.44. The molecule has 0 N–H and O–H groups in total. The van der Waals surface area contributed by atoms with E-state index in [4.69, 9.17) is 0 Å². The standard InChI is InChI=1S/C17H14BrFO/c18-15-11-14(19)7-6-12(15)10-16(20)17(8-9-17)13-4-2-1-3-5-13/h1-7,11H,8-10H2. The molecule has 20 heavy (non-hydrogen) atoms. The number of hydrogen-bond donors (Lipinski definition) is 0. The maximum Gasteiger partial charge on any atom is 0.147 e. The van der Waals surface area contributed by atoms with Crippen LogP contribution in [0.25, 0.3) is 0 Å². The van der Waals surface area contributed by atoms with Crippen molar-refractivity contribution in [3.8, 4) is 0 Å². The number of hydrogen-bond acceptors (Lipinski definition) is 1. The molecule has 3 rings (SSSR count). The average Bonchev–Trinajstić information content (AvgIpc) is 3.24. The molecule has 1 fully saturated rings. The summed E-state index contributed by atoms with van der Waals surface area (Å²) in [6, 6.07) is 14.4. The summed E-state index contributed by atoms with van der Waals surface area (Å²) < 4.78 is 13.7. The molecular weight excluding hydrogens is 319 g/mol. The number of halogens is 2. The molecule has 102 valence electrons. The molecule has 0 amide bonds. The Hall–Kier alpha value is -1.48. The summed E-state index contributed by atoms with van der Waals surface area (Å²) in [6.45, 7) is 0. The number of carbonyl (C=O) groups excluding carboxylic acids is 1. The lowest BCUT2D eigenvalue weighted by molar-refractivity contribution is -0.120. The summed E-state index contributed by atoms with van der Waals surface area (Å²) in [5, 5.41) is 0. The van der Waals surface area contributed by atoms with Gasteiger partial charge in [-0.3, -0.25) is 4.79 Å². The Morgan fingerprint density at radius 1 is 1.15 bits per heavy atom. The van der Waals surface area contributed by atoms with Gasteiger partial charge in [0, 0.05) is 10.9 Å². The molecule has 3 heteroatoms. The van der Waals surface area contributed by atoms with Crippen LogP contribution in [0.2, 0.25) is 0 Å². The second-order valence-electron chi connectivity index (χ2n) is 5.28. The topological polar surface area (TPSA) is 17.1 Å². The highest BCUT2D eigenvalue weighted by Crippen LogP contribution is 2.49. The Morgan fingerprint density at radius 3 is 2.45 bits per heavy atom. The minimum absolute atomic E-state index is 0.219. The maximum atomic E-state index is 13.1. The molecule has 0 atom stereocenters. The average molecular weight is 333 g/mol. The van der Waals surface area contributed by atoms with Gasteiger partial charge in [0.05, 0.1) is 5.41 Å². The number of rotatable bonds is 4. The van der Waals surface area contributed by atoms with Gasteiger partial charge in [-0.1, -0.05) is 52.3 Å². The van der Waals surface area contributed by atoms with Crippen LogP contribution in [0.15, 0.2) is 53.0 Å². The molecule has 1 saturated carbocycles. The van der Waals surface area contributed by atoms with Gasteiger partial charge < -0.3 is 0 Å². The van der Waals surface area contributed by atoms with Crippen molar-refractivity contribution >= 4 is 21.7 Å². The highest BCUT2D eigenvalue weighted by atomic mass is 79.9. The Kier molecular flexibility index (Phi) is 3.47. The van der Waals surface area contributed by atoms with Crippen LogP contribution in [0.3, 0.4) is 0 Å². The van der Waals surface area contributed by atoms with Crippen LogP contribution in [0.5, 0.6) is 0 Å². The lowest BCUT2D eigenvalue weighted by atomic mass is 9.88. The van der Waals surface area contributed by atoms with Crippen molar-refractivity contribution in [2.75, 3.05) is 0 Å². The first-order valence-electron chi connectivity index (χ1n) is 6.65. The van der Waals surface area contributed by atoms with Gasteiger partial charge in [-0.05, 0) is 36.1 Å². The summed E-state index contributed by atoms with van der Waals surface area (Å²) in [7, 11) is 0. The molecule has 0 aliphatic heterocycles. The van der Waals surface area contributed by atoms with E-state index in [9.17, 15) is 9.18 Å². The molecule has 0 spiro atoms. The van der Waals surface area contributed by atoms with Gasteiger partial charge in [-0.2, -0.15) is 0 Å². The quantitative estimate of drug-likeness (QED) is 0.809. The van der Waals surface area contributed by atoms with E-state index < -0.39 is 0 Å². The third-order valence-electron chi connectivity index (χ3n) is 3.98. The van der Waals surface area contributed by atoms with E-state index in [0.29, 0.717) is 10.9 Å². The monoisotopic (exact) mass is 332 g/mol. The summed E-state index contributed by atoms with van der Waals surface area (Å²) in [6.07, 6.45) is 2.17. The predicted molar refractivity (Wildman–Crippen MR) is 80.2 cm³/mol. The van der Waals surface area contributed by atoms with E-state index in [2.05, 4.69) is 15.9 Å². The van der Waals surface area contributed by atoms with Gasteiger partial charge in [0.25, 0.3) is 0 Å². The zero-order valence-electron chi connectivity index (χ0n) is 10.9. The third-order valence-corrected chi connectivity index (χ3v) is 4.71. The highest BCUT2D eigenvalue weighted by Gasteiger charge is 2.50. The molecule has 0 radical (unpaired) electrons.